The Morgan fingerprint density at radius 1 is 1.38 bits per heavy atom. The average Bonchev–Trinajstić information content (AvgIpc) is 2.64. The van der Waals surface area contributed by atoms with E-state index in [9.17, 15) is 0 Å². The van der Waals surface area contributed by atoms with Gasteiger partial charge < -0.3 is 9.67 Å². The fraction of sp³-hybridized carbons (Fsp3) is 0.833. The van der Waals surface area contributed by atoms with Crippen LogP contribution in [0.5, 0.6) is 0 Å². The number of aliphatic hydroxyl groups excluding tert-OH is 1. The Morgan fingerprint density at radius 3 is 2.75 bits per heavy atom. The first kappa shape index (κ1) is 13.2. The molecule has 1 aromatic rings. The maximum atomic E-state index is 9.09. The lowest BCUT2D eigenvalue weighted by Gasteiger charge is -2.25. The highest BCUT2D eigenvalue weighted by Gasteiger charge is 2.19. The van der Waals surface area contributed by atoms with Crippen molar-refractivity contribution in [1.29, 1.82) is 0 Å². The summed E-state index contributed by atoms with van der Waals surface area (Å²) in [4.78, 5) is 0. The lowest BCUT2D eigenvalue weighted by Crippen LogP contribution is -2.20. The predicted molar refractivity (Wildman–Crippen MR) is 63.9 cm³/mol. The first-order valence-corrected chi connectivity index (χ1v) is 6.06. The van der Waals surface area contributed by atoms with Crippen LogP contribution in [0.2, 0.25) is 0 Å². The molecule has 0 spiro atoms. The van der Waals surface area contributed by atoms with E-state index in [1.165, 1.54) is 25.7 Å². The molecule has 0 aliphatic rings. The van der Waals surface area contributed by atoms with E-state index in [4.69, 9.17) is 5.11 Å². The van der Waals surface area contributed by atoms with Crippen molar-refractivity contribution in [2.75, 3.05) is 0 Å². The van der Waals surface area contributed by atoms with E-state index in [1.54, 1.807) is 6.33 Å². The zero-order valence-electron chi connectivity index (χ0n) is 10.6. The smallest absolute Gasteiger partial charge is 0.158 e. The SMILES string of the molecule is CCCCCC(C)(C)Cn1cnnc1CO. The van der Waals surface area contributed by atoms with E-state index in [1.807, 2.05) is 4.57 Å². The quantitative estimate of drug-likeness (QED) is 0.725. The third-order valence-corrected chi connectivity index (χ3v) is 2.89. The molecule has 92 valence electrons. The standard InChI is InChI=1S/C12H23N3O/c1-4-5-6-7-12(2,3)9-15-10-13-14-11(15)8-16/h10,16H,4-9H2,1-3H3. The van der Waals surface area contributed by atoms with E-state index in [0.29, 0.717) is 5.82 Å². The van der Waals surface area contributed by atoms with Crippen LogP contribution in [0, 0.1) is 5.41 Å². The Morgan fingerprint density at radius 2 is 2.12 bits per heavy atom. The molecule has 0 atom stereocenters. The second-order valence-electron chi connectivity index (χ2n) is 5.15. The minimum atomic E-state index is -0.0367. The molecule has 4 heteroatoms. The fourth-order valence-corrected chi connectivity index (χ4v) is 1.93. The third kappa shape index (κ3) is 3.93. The maximum Gasteiger partial charge on any atom is 0.158 e. The molecule has 16 heavy (non-hydrogen) atoms. The highest BCUT2D eigenvalue weighted by Crippen LogP contribution is 2.26. The minimum Gasteiger partial charge on any atom is -0.388 e. The van der Waals surface area contributed by atoms with Gasteiger partial charge in [0.1, 0.15) is 12.9 Å². The molecule has 4 nitrogen and oxygen atoms in total. The zero-order valence-corrected chi connectivity index (χ0v) is 10.6. The van der Waals surface area contributed by atoms with Crippen LogP contribution in [0.25, 0.3) is 0 Å². The Balaban J connectivity index is 2.51. The van der Waals surface area contributed by atoms with Gasteiger partial charge in [-0.2, -0.15) is 0 Å². The van der Waals surface area contributed by atoms with Gasteiger partial charge in [0.2, 0.25) is 0 Å². The van der Waals surface area contributed by atoms with Gasteiger partial charge in [0.05, 0.1) is 0 Å². The summed E-state index contributed by atoms with van der Waals surface area (Å²) in [5.41, 5.74) is 0.238. The van der Waals surface area contributed by atoms with Gasteiger partial charge in [-0.05, 0) is 11.8 Å². The second kappa shape index (κ2) is 5.99. The van der Waals surface area contributed by atoms with Crippen LogP contribution in [0.15, 0.2) is 6.33 Å². The van der Waals surface area contributed by atoms with Crippen molar-refractivity contribution < 1.29 is 5.11 Å². The monoisotopic (exact) mass is 225 g/mol. The summed E-state index contributed by atoms with van der Waals surface area (Å²) in [7, 11) is 0. The van der Waals surface area contributed by atoms with E-state index in [2.05, 4.69) is 31.0 Å². The van der Waals surface area contributed by atoms with Gasteiger partial charge in [-0.1, -0.05) is 40.0 Å². The maximum absolute atomic E-state index is 9.09. The van der Waals surface area contributed by atoms with E-state index in [0.717, 1.165) is 6.54 Å². The summed E-state index contributed by atoms with van der Waals surface area (Å²) in [5, 5.41) is 16.8. The van der Waals surface area contributed by atoms with Gasteiger partial charge in [-0.3, -0.25) is 0 Å². The number of hydrogen-bond acceptors (Lipinski definition) is 3. The van der Waals surface area contributed by atoms with Crippen molar-refractivity contribution in [2.24, 2.45) is 5.41 Å². The summed E-state index contributed by atoms with van der Waals surface area (Å²) in [6.07, 6.45) is 6.71. The lowest BCUT2D eigenvalue weighted by molar-refractivity contribution is 0.236. The summed E-state index contributed by atoms with van der Waals surface area (Å²) >= 11 is 0. The Hall–Kier alpha value is -0.900. The van der Waals surface area contributed by atoms with Gasteiger partial charge in [0.25, 0.3) is 0 Å². The van der Waals surface area contributed by atoms with E-state index in [-0.39, 0.29) is 12.0 Å². The summed E-state index contributed by atoms with van der Waals surface area (Å²) < 4.78 is 1.95. The molecule has 0 saturated heterocycles. The van der Waals surface area contributed by atoms with Crippen LogP contribution in [0.4, 0.5) is 0 Å². The van der Waals surface area contributed by atoms with Crippen LogP contribution in [-0.2, 0) is 13.2 Å². The molecule has 0 aliphatic carbocycles. The van der Waals surface area contributed by atoms with Crippen LogP contribution in [0.1, 0.15) is 52.3 Å². The topological polar surface area (TPSA) is 50.9 Å². The van der Waals surface area contributed by atoms with Crippen molar-refractivity contribution in [2.45, 2.75) is 59.6 Å². The van der Waals surface area contributed by atoms with Crippen molar-refractivity contribution >= 4 is 0 Å². The molecule has 0 saturated carbocycles. The third-order valence-electron chi connectivity index (χ3n) is 2.89. The molecule has 0 radical (unpaired) electrons. The van der Waals surface area contributed by atoms with E-state index >= 15 is 0 Å². The minimum absolute atomic E-state index is 0.0367. The van der Waals surface area contributed by atoms with Crippen LogP contribution < -0.4 is 0 Å². The molecule has 0 fully saturated rings. The molecule has 0 aliphatic heterocycles. The summed E-state index contributed by atoms with van der Waals surface area (Å²) in [6.45, 7) is 7.56. The number of rotatable bonds is 7. The first-order valence-electron chi connectivity index (χ1n) is 6.06. The van der Waals surface area contributed by atoms with Gasteiger partial charge in [-0.25, -0.2) is 0 Å². The number of unbranched alkanes of at least 4 members (excludes halogenated alkanes) is 2. The predicted octanol–water partition coefficient (Wildman–Crippen LogP) is 2.38. The lowest BCUT2D eigenvalue weighted by atomic mass is 9.87. The largest absolute Gasteiger partial charge is 0.388 e. The molecule has 1 aromatic heterocycles. The first-order chi connectivity index (χ1) is 7.59. The number of nitrogens with zero attached hydrogens (tertiary/aromatic N) is 3. The Labute approximate surface area is 97.7 Å². The number of hydrogen-bond donors (Lipinski definition) is 1. The number of aliphatic hydroxyl groups is 1. The van der Waals surface area contributed by atoms with Crippen LogP contribution in [0.3, 0.4) is 0 Å². The van der Waals surface area contributed by atoms with Gasteiger partial charge in [0.15, 0.2) is 5.82 Å². The van der Waals surface area contributed by atoms with Crippen molar-refractivity contribution in [3.05, 3.63) is 12.2 Å². The Kier molecular flexibility index (Phi) is 4.93. The molecule has 1 N–H and O–H groups in total. The molecular formula is C12H23N3O. The fourth-order valence-electron chi connectivity index (χ4n) is 1.93. The molecule has 0 unspecified atom stereocenters. The average molecular weight is 225 g/mol. The molecular weight excluding hydrogens is 202 g/mol. The van der Waals surface area contributed by atoms with Crippen molar-refractivity contribution in [3.8, 4) is 0 Å². The number of aromatic nitrogens is 3. The summed E-state index contributed by atoms with van der Waals surface area (Å²) in [6, 6.07) is 0. The molecule has 0 amide bonds. The van der Waals surface area contributed by atoms with Gasteiger partial charge in [0, 0.05) is 6.54 Å². The van der Waals surface area contributed by atoms with Crippen LogP contribution >= 0.6 is 0 Å². The van der Waals surface area contributed by atoms with Gasteiger partial charge in [-0.15, -0.1) is 10.2 Å². The van der Waals surface area contributed by atoms with E-state index < -0.39 is 0 Å². The normalized spacial score (nSPS) is 12.0. The van der Waals surface area contributed by atoms with Crippen molar-refractivity contribution in [3.63, 3.8) is 0 Å². The Bertz CT molecular complexity index is 307. The van der Waals surface area contributed by atoms with Gasteiger partial charge >= 0.3 is 0 Å². The highest BCUT2D eigenvalue weighted by molar-refractivity contribution is 4.85. The summed E-state index contributed by atoms with van der Waals surface area (Å²) in [5.74, 6) is 0.656. The zero-order chi connectivity index (χ0) is 12.0. The van der Waals surface area contributed by atoms with Crippen molar-refractivity contribution in [1.82, 2.24) is 14.8 Å². The molecule has 0 bridgehead atoms. The van der Waals surface area contributed by atoms with Crippen LogP contribution in [-0.4, -0.2) is 19.9 Å². The molecule has 1 heterocycles. The molecule has 0 aromatic carbocycles. The molecule has 1 rings (SSSR count). The second-order valence-corrected chi connectivity index (χ2v) is 5.15. The highest BCUT2D eigenvalue weighted by atomic mass is 16.3.